The fourth-order valence-electron chi connectivity index (χ4n) is 5.80. The number of fused-ring (bicyclic) bond motifs is 2. The van der Waals surface area contributed by atoms with Crippen LogP contribution in [0.4, 0.5) is 0 Å². The van der Waals surface area contributed by atoms with Gasteiger partial charge in [-0.2, -0.15) is 9.04 Å². The van der Waals surface area contributed by atoms with Crippen LogP contribution in [0.2, 0.25) is 0 Å². The Morgan fingerprint density at radius 3 is 2.62 bits per heavy atom. The Kier molecular flexibility index (Phi) is 6.18. The largest absolute Gasteiger partial charge is 0.618 e. The van der Waals surface area contributed by atoms with Crippen molar-refractivity contribution in [2.75, 3.05) is 13.1 Å². The summed E-state index contributed by atoms with van der Waals surface area (Å²) in [5.41, 5.74) is 1.24. The molecule has 0 bridgehead atoms. The number of nitrogens with one attached hydrogen (secondary N) is 1. The fraction of sp³-hybridized carbons (Fsp3) is 0.407. The maximum absolute atomic E-state index is 13.8. The topological polar surface area (TPSA) is 144 Å². The van der Waals surface area contributed by atoms with Gasteiger partial charge in [-0.05, 0) is 37.8 Å². The number of aromatic nitrogens is 1. The first kappa shape index (κ1) is 25.5. The summed E-state index contributed by atoms with van der Waals surface area (Å²) in [6.07, 6.45) is 3.66. The first-order chi connectivity index (χ1) is 18.7. The number of benzene rings is 1. The van der Waals surface area contributed by atoms with Crippen LogP contribution < -0.4 is 10.0 Å². The smallest absolute Gasteiger partial charge is 0.323 e. The zero-order chi connectivity index (χ0) is 27.5. The molecule has 2 aromatic heterocycles. The fourth-order valence-corrected chi connectivity index (χ4v) is 7.45. The number of ketones is 1. The van der Waals surface area contributed by atoms with Gasteiger partial charge in [0.15, 0.2) is 17.7 Å². The molecule has 3 aliphatic rings. The lowest BCUT2D eigenvalue weighted by atomic mass is 10.1. The summed E-state index contributed by atoms with van der Waals surface area (Å²) in [5, 5.41) is 15.4. The molecule has 0 spiro atoms. The number of Topliss-reactive ketones (excluding diaryl/α,β-unsaturated/α-hetero) is 1. The number of hydrogen-bond acceptors (Lipinski definition) is 7. The number of amides is 2. The third kappa shape index (κ3) is 4.37. The molecule has 4 heterocycles. The SMILES string of the molecule is Cc1c(C(=O)NC(CC2CC2)C(=O)N2CCC3C2C(=O)CN3S(=O)(=O)c2cccc[n+]2[O-])oc2ccccc12. The van der Waals surface area contributed by atoms with Gasteiger partial charge < -0.3 is 19.8 Å². The van der Waals surface area contributed by atoms with E-state index in [4.69, 9.17) is 4.42 Å². The molecule has 204 valence electrons. The number of aryl methyl sites for hydroxylation is 1. The number of likely N-dealkylation sites (tertiary alicyclic amines) is 1. The molecule has 3 fully saturated rings. The zero-order valence-electron chi connectivity index (χ0n) is 21.3. The molecule has 12 heteroatoms. The van der Waals surface area contributed by atoms with Crippen molar-refractivity contribution >= 4 is 38.6 Å². The molecular weight excluding hydrogens is 524 g/mol. The van der Waals surface area contributed by atoms with Crippen molar-refractivity contribution in [1.29, 1.82) is 0 Å². The van der Waals surface area contributed by atoms with E-state index >= 15 is 0 Å². The minimum Gasteiger partial charge on any atom is -0.618 e. The van der Waals surface area contributed by atoms with Crippen molar-refractivity contribution < 1.29 is 31.9 Å². The molecule has 2 amide bonds. The molecule has 6 rings (SSSR count). The van der Waals surface area contributed by atoms with Gasteiger partial charge in [-0.3, -0.25) is 14.4 Å². The summed E-state index contributed by atoms with van der Waals surface area (Å²) < 4.78 is 33.7. The highest BCUT2D eigenvalue weighted by Gasteiger charge is 2.55. The average molecular weight is 553 g/mol. The van der Waals surface area contributed by atoms with E-state index in [1.807, 2.05) is 18.2 Å². The third-order valence-corrected chi connectivity index (χ3v) is 9.80. The van der Waals surface area contributed by atoms with Crippen molar-refractivity contribution in [1.82, 2.24) is 14.5 Å². The van der Waals surface area contributed by atoms with Crippen LogP contribution in [0.3, 0.4) is 0 Å². The Morgan fingerprint density at radius 1 is 1.15 bits per heavy atom. The van der Waals surface area contributed by atoms with Crippen LogP contribution in [0.25, 0.3) is 11.0 Å². The second-order valence-corrected chi connectivity index (χ2v) is 12.3. The molecule has 1 aliphatic carbocycles. The molecule has 1 aromatic carbocycles. The Morgan fingerprint density at radius 2 is 1.90 bits per heavy atom. The zero-order valence-corrected chi connectivity index (χ0v) is 22.1. The molecule has 3 unspecified atom stereocenters. The van der Waals surface area contributed by atoms with Crippen LogP contribution in [0, 0.1) is 18.0 Å². The number of furan rings is 1. The van der Waals surface area contributed by atoms with E-state index < -0.39 is 57.3 Å². The van der Waals surface area contributed by atoms with Crippen LogP contribution in [0.15, 0.2) is 58.1 Å². The molecule has 3 aromatic rings. The van der Waals surface area contributed by atoms with Crippen molar-refractivity contribution in [2.24, 2.45) is 5.92 Å². The molecule has 1 N–H and O–H groups in total. The Hall–Kier alpha value is -3.77. The van der Waals surface area contributed by atoms with Gasteiger partial charge in [-0.25, -0.2) is 8.42 Å². The van der Waals surface area contributed by atoms with Crippen molar-refractivity contribution in [3.8, 4) is 0 Å². The van der Waals surface area contributed by atoms with E-state index in [2.05, 4.69) is 5.32 Å². The number of carbonyl (C=O) groups excluding carboxylic acids is 3. The predicted octanol–water partition coefficient (Wildman–Crippen LogP) is 1.52. The number of nitrogens with zero attached hydrogens (tertiary/aromatic N) is 3. The highest BCUT2D eigenvalue weighted by atomic mass is 32.2. The Labute approximate surface area is 225 Å². The van der Waals surface area contributed by atoms with Crippen molar-refractivity contribution in [3.63, 3.8) is 0 Å². The molecule has 2 aliphatic heterocycles. The summed E-state index contributed by atoms with van der Waals surface area (Å²) >= 11 is 0. The van der Waals surface area contributed by atoms with Gasteiger partial charge in [-0.1, -0.05) is 31.0 Å². The highest BCUT2D eigenvalue weighted by Crippen LogP contribution is 2.37. The summed E-state index contributed by atoms with van der Waals surface area (Å²) in [6, 6.07) is 8.72. The van der Waals surface area contributed by atoms with Crippen molar-refractivity contribution in [2.45, 2.75) is 55.8 Å². The van der Waals surface area contributed by atoms with Gasteiger partial charge in [0.05, 0.1) is 12.6 Å². The van der Waals surface area contributed by atoms with Crippen LogP contribution in [-0.4, -0.2) is 66.4 Å². The summed E-state index contributed by atoms with van der Waals surface area (Å²) in [5.74, 6) is -0.914. The second-order valence-electron chi connectivity index (χ2n) is 10.5. The second kappa shape index (κ2) is 9.45. The molecular formula is C27H28N4O7S. The van der Waals surface area contributed by atoms with Crippen LogP contribution in [-0.2, 0) is 19.6 Å². The van der Waals surface area contributed by atoms with E-state index in [0.29, 0.717) is 17.6 Å². The van der Waals surface area contributed by atoms with E-state index in [9.17, 15) is 28.0 Å². The Bertz CT molecular complexity index is 1600. The lowest BCUT2D eigenvalue weighted by Gasteiger charge is -2.28. The van der Waals surface area contributed by atoms with E-state index in [0.717, 1.165) is 28.7 Å². The summed E-state index contributed by atoms with van der Waals surface area (Å²) in [4.78, 5) is 41.6. The van der Waals surface area contributed by atoms with Crippen LogP contribution in [0.1, 0.15) is 41.8 Å². The number of hydrogen-bond donors (Lipinski definition) is 1. The number of rotatable bonds is 7. The third-order valence-electron chi connectivity index (χ3n) is 7.94. The quantitative estimate of drug-likeness (QED) is 0.346. The molecule has 39 heavy (non-hydrogen) atoms. The molecule has 0 radical (unpaired) electrons. The van der Waals surface area contributed by atoms with Gasteiger partial charge >= 0.3 is 15.0 Å². The highest BCUT2D eigenvalue weighted by molar-refractivity contribution is 7.89. The maximum atomic E-state index is 13.8. The standard InChI is InChI=1S/C27H28N4O7S/c1-16-18-6-2-3-7-22(18)38-25(16)26(33)28-19(14-17-9-10-17)27(34)29-13-11-20-24(29)21(32)15-31(20)39(36,37)23-8-4-5-12-30(23)35/h2-8,12,17,19-20,24H,9-11,13-15H2,1H3,(H,28,33). The minimum atomic E-state index is -4.26. The molecule has 1 saturated carbocycles. The van der Waals surface area contributed by atoms with E-state index in [1.165, 1.54) is 23.1 Å². The maximum Gasteiger partial charge on any atom is 0.323 e. The monoisotopic (exact) mass is 552 g/mol. The average Bonchev–Trinajstić information content (AvgIpc) is 3.37. The van der Waals surface area contributed by atoms with Crippen molar-refractivity contribution in [3.05, 3.63) is 65.2 Å². The van der Waals surface area contributed by atoms with Crippen LogP contribution in [0.5, 0.6) is 0 Å². The van der Waals surface area contributed by atoms with Gasteiger partial charge in [0.1, 0.15) is 17.7 Å². The number of pyridine rings is 1. The Balaban J connectivity index is 1.24. The summed E-state index contributed by atoms with van der Waals surface area (Å²) in [6.45, 7) is 1.53. The van der Waals surface area contributed by atoms with Gasteiger partial charge in [0, 0.05) is 29.6 Å². The molecule has 2 saturated heterocycles. The lowest BCUT2D eigenvalue weighted by molar-refractivity contribution is -0.646. The number of carbonyl (C=O) groups is 3. The molecule has 11 nitrogen and oxygen atoms in total. The summed E-state index contributed by atoms with van der Waals surface area (Å²) in [7, 11) is -4.26. The van der Waals surface area contributed by atoms with Crippen LogP contribution >= 0.6 is 0 Å². The number of sulfonamides is 1. The van der Waals surface area contributed by atoms with Gasteiger partial charge in [0.25, 0.3) is 5.91 Å². The minimum absolute atomic E-state index is 0.132. The van der Waals surface area contributed by atoms with E-state index in [-0.39, 0.29) is 29.4 Å². The first-order valence-corrected chi connectivity index (χ1v) is 14.4. The lowest BCUT2D eigenvalue weighted by Crippen LogP contribution is -2.52. The van der Waals surface area contributed by atoms with E-state index in [1.54, 1.807) is 13.0 Å². The normalized spacial score (nSPS) is 22.3. The van der Waals surface area contributed by atoms with Gasteiger partial charge in [0.2, 0.25) is 5.91 Å². The molecule has 3 atom stereocenters. The predicted molar refractivity (Wildman–Crippen MR) is 138 cm³/mol. The first-order valence-electron chi connectivity index (χ1n) is 13.0. The number of para-hydroxylation sites is 1. The van der Waals surface area contributed by atoms with Gasteiger partial charge in [-0.15, -0.1) is 0 Å².